The van der Waals surface area contributed by atoms with Crippen molar-refractivity contribution >= 4 is 33.0 Å². The third-order valence-electron chi connectivity index (χ3n) is 2.31. The molecule has 0 saturated carbocycles. The maximum atomic E-state index is 11.9. The highest BCUT2D eigenvalue weighted by Crippen LogP contribution is 2.12. The van der Waals surface area contributed by atoms with Crippen LogP contribution >= 0.6 is 22.9 Å². The van der Waals surface area contributed by atoms with Crippen LogP contribution < -0.4 is 0 Å². The van der Waals surface area contributed by atoms with E-state index < -0.39 is 10.0 Å². The van der Waals surface area contributed by atoms with Crippen molar-refractivity contribution in [3.63, 3.8) is 0 Å². The fraction of sp³-hybridized carbons (Fsp3) is 0.700. The molecule has 0 aliphatic heterocycles. The molecule has 1 heterocycles. The molecule has 0 aromatic carbocycles. The van der Waals surface area contributed by atoms with Gasteiger partial charge in [0.05, 0.1) is 23.0 Å². The summed E-state index contributed by atoms with van der Waals surface area (Å²) in [6, 6.07) is 0. The maximum Gasteiger partial charge on any atom is 0.214 e. The largest absolute Gasteiger partial charge is 0.245 e. The van der Waals surface area contributed by atoms with Gasteiger partial charge in [-0.05, 0) is 19.8 Å². The summed E-state index contributed by atoms with van der Waals surface area (Å²) in [7, 11) is -1.59. The van der Waals surface area contributed by atoms with Crippen molar-refractivity contribution in [2.45, 2.75) is 26.3 Å². The quantitative estimate of drug-likeness (QED) is 0.573. The molecule has 0 atom stereocenters. The molecule has 7 heteroatoms. The van der Waals surface area contributed by atoms with Gasteiger partial charge in [-0.1, -0.05) is 0 Å². The van der Waals surface area contributed by atoms with Gasteiger partial charge in [0, 0.05) is 18.3 Å². The van der Waals surface area contributed by atoms with Gasteiger partial charge in [0.15, 0.2) is 0 Å². The van der Waals surface area contributed by atoms with Crippen LogP contribution in [0.3, 0.4) is 0 Å². The van der Waals surface area contributed by atoms with E-state index in [1.165, 1.54) is 15.6 Å². The van der Waals surface area contributed by atoms with Gasteiger partial charge >= 0.3 is 0 Å². The molecule has 0 N–H and O–H groups in total. The van der Waals surface area contributed by atoms with Crippen LogP contribution in [0.25, 0.3) is 0 Å². The molecule has 0 fully saturated rings. The van der Waals surface area contributed by atoms with Crippen LogP contribution in [0.4, 0.5) is 0 Å². The fourth-order valence-electron chi connectivity index (χ4n) is 1.34. The number of hydrogen-bond donors (Lipinski definition) is 0. The van der Waals surface area contributed by atoms with E-state index in [0.29, 0.717) is 18.8 Å². The summed E-state index contributed by atoms with van der Waals surface area (Å²) in [6.07, 6.45) is 1.33. The number of unbranched alkanes of at least 4 members (excludes halogenated alkanes) is 1. The third-order valence-corrected chi connectivity index (χ3v) is 5.29. The van der Waals surface area contributed by atoms with Gasteiger partial charge in [0.25, 0.3) is 0 Å². The van der Waals surface area contributed by atoms with Gasteiger partial charge in [-0.15, -0.1) is 22.9 Å². The lowest BCUT2D eigenvalue weighted by molar-refractivity contribution is 0.461. The van der Waals surface area contributed by atoms with Crippen LogP contribution in [0.15, 0.2) is 5.38 Å². The van der Waals surface area contributed by atoms with Crippen molar-refractivity contribution in [2.24, 2.45) is 0 Å². The predicted octanol–water partition coefficient (Wildman–Crippen LogP) is 2.23. The Morgan fingerprint density at radius 3 is 2.71 bits per heavy atom. The summed E-state index contributed by atoms with van der Waals surface area (Å²) in [5.41, 5.74) is 0.802. The monoisotopic (exact) mass is 296 g/mol. The van der Waals surface area contributed by atoms with Crippen LogP contribution in [0.5, 0.6) is 0 Å². The molecule has 0 amide bonds. The minimum absolute atomic E-state index is 0.152. The zero-order valence-electron chi connectivity index (χ0n) is 10.0. The van der Waals surface area contributed by atoms with E-state index in [-0.39, 0.29) is 5.75 Å². The zero-order chi connectivity index (χ0) is 12.9. The number of sulfonamides is 1. The van der Waals surface area contributed by atoms with Gasteiger partial charge in [-0.25, -0.2) is 13.4 Å². The summed E-state index contributed by atoms with van der Waals surface area (Å²) >= 11 is 7.05. The number of halogens is 1. The van der Waals surface area contributed by atoms with Crippen LogP contribution in [0.1, 0.15) is 23.5 Å². The molecule has 0 aliphatic rings. The summed E-state index contributed by atoms with van der Waals surface area (Å²) < 4.78 is 25.1. The zero-order valence-corrected chi connectivity index (χ0v) is 12.4. The molecular formula is C10H17ClN2O2S2. The van der Waals surface area contributed by atoms with Crippen molar-refractivity contribution in [1.29, 1.82) is 0 Å². The molecule has 1 aromatic rings. The van der Waals surface area contributed by atoms with E-state index in [1.54, 1.807) is 7.05 Å². The van der Waals surface area contributed by atoms with Crippen molar-refractivity contribution < 1.29 is 8.42 Å². The second kappa shape index (κ2) is 6.68. The number of aromatic nitrogens is 1. The van der Waals surface area contributed by atoms with E-state index >= 15 is 0 Å². The SMILES string of the molecule is Cc1nc(CN(C)S(=O)(=O)CCCCCl)cs1. The molecule has 0 saturated heterocycles. The fourth-order valence-corrected chi connectivity index (χ4v) is 3.34. The summed E-state index contributed by atoms with van der Waals surface area (Å²) in [5.74, 6) is 0.657. The second-order valence-electron chi connectivity index (χ2n) is 3.83. The summed E-state index contributed by atoms with van der Waals surface area (Å²) in [5, 5.41) is 2.84. The minimum atomic E-state index is -3.18. The highest BCUT2D eigenvalue weighted by molar-refractivity contribution is 7.89. The normalized spacial score (nSPS) is 12.2. The van der Waals surface area contributed by atoms with Crippen LogP contribution in [0.2, 0.25) is 0 Å². The van der Waals surface area contributed by atoms with Crippen LogP contribution in [-0.2, 0) is 16.6 Å². The Morgan fingerprint density at radius 2 is 2.18 bits per heavy atom. The van der Waals surface area contributed by atoms with Crippen molar-refractivity contribution in [1.82, 2.24) is 9.29 Å². The molecule has 0 spiro atoms. The number of aryl methyl sites for hydroxylation is 1. The van der Waals surface area contributed by atoms with Gasteiger partial charge < -0.3 is 0 Å². The smallest absolute Gasteiger partial charge is 0.214 e. The lowest BCUT2D eigenvalue weighted by Crippen LogP contribution is -2.29. The van der Waals surface area contributed by atoms with Crippen molar-refractivity contribution in [2.75, 3.05) is 18.7 Å². The van der Waals surface area contributed by atoms with E-state index in [0.717, 1.165) is 17.1 Å². The minimum Gasteiger partial charge on any atom is -0.245 e. The van der Waals surface area contributed by atoms with Crippen molar-refractivity contribution in [3.8, 4) is 0 Å². The Kier molecular flexibility index (Phi) is 5.85. The first-order chi connectivity index (χ1) is 7.95. The third kappa shape index (κ3) is 4.91. The molecule has 1 aromatic heterocycles. The average Bonchev–Trinajstić information content (AvgIpc) is 2.64. The van der Waals surface area contributed by atoms with Gasteiger partial charge in [-0.3, -0.25) is 0 Å². The Morgan fingerprint density at radius 1 is 1.47 bits per heavy atom. The number of alkyl halides is 1. The number of thiazole rings is 1. The number of nitrogens with zero attached hydrogens (tertiary/aromatic N) is 2. The Bertz CT molecular complexity index is 445. The highest BCUT2D eigenvalue weighted by atomic mass is 35.5. The summed E-state index contributed by atoms with van der Waals surface area (Å²) in [6.45, 7) is 2.25. The topological polar surface area (TPSA) is 50.3 Å². The summed E-state index contributed by atoms with van der Waals surface area (Å²) in [4.78, 5) is 4.25. The molecule has 98 valence electrons. The standard InChI is InChI=1S/C10H17ClN2O2S2/c1-9-12-10(8-16-9)7-13(2)17(14,15)6-4-3-5-11/h8H,3-7H2,1-2H3. The molecular weight excluding hydrogens is 280 g/mol. The lowest BCUT2D eigenvalue weighted by Gasteiger charge is -2.15. The molecule has 0 radical (unpaired) electrons. The van der Waals surface area contributed by atoms with Crippen molar-refractivity contribution in [3.05, 3.63) is 16.1 Å². The van der Waals surface area contributed by atoms with Gasteiger partial charge in [-0.2, -0.15) is 4.31 Å². The Hall–Kier alpha value is -0.170. The molecule has 17 heavy (non-hydrogen) atoms. The molecule has 0 aliphatic carbocycles. The first kappa shape index (κ1) is 14.9. The maximum absolute atomic E-state index is 11.9. The van der Waals surface area contributed by atoms with Crippen LogP contribution in [0, 0.1) is 6.92 Å². The van der Waals surface area contributed by atoms with E-state index in [9.17, 15) is 8.42 Å². The molecule has 0 bridgehead atoms. The first-order valence-corrected chi connectivity index (χ1v) is 8.39. The second-order valence-corrected chi connectivity index (χ2v) is 7.46. The number of rotatable bonds is 7. The number of hydrogen-bond acceptors (Lipinski definition) is 4. The molecule has 1 rings (SSSR count). The van der Waals surface area contributed by atoms with E-state index in [2.05, 4.69) is 4.98 Å². The lowest BCUT2D eigenvalue weighted by atomic mass is 10.4. The van der Waals surface area contributed by atoms with E-state index in [1.807, 2.05) is 12.3 Å². The van der Waals surface area contributed by atoms with E-state index in [4.69, 9.17) is 11.6 Å². The van der Waals surface area contributed by atoms with Gasteiger partial charge in [0.1, 0.15) is 0 Å². The highest BCUT2D eigenvalue weighted by Gasteiger charge is 2.18. The average molecular weight is 297 g/mol. The van der Waals surface area contributed by atoms with Gasteiger partial charge in [0.2, 0.25) is 10.0 Å². The Labute approximate surface area is 112 Å². The van der Waals surface area contributed by atoms with Crippen LogP contribution in [-0.4, -0.2) is 36.4 Å². The Balaban J connectivity index is 2.53. The molecule has 0 unspecified atom stereocenters. The first-order valence-electron chi connectivity index (χ1n) is 5.36. The molecule has 4 nitrogen and oxygen atoms in total. The predicted molar refractivity (Wildman–Crippen MR) is 72.1 cm³/mol.